The molecule has 4 rings (SSSR count). The van der Waals surface area contributed by atoms with Crippen LogP contribution in [0, 0.1) is 5.92 Å². The molecule has 30 heavy (non-hydrogen) atoms. The van der Waals surface area contributed by atoms with Crippen molar-refractivity contribution in [2.75, 3.05) is 13.1 Å². The van der Waals surface area contributed by atoms with E-state index in [2.05, 4.69) is 4.98 Å². The lowest BCUT2D eigenvalue weighted by Crippen LogP contribution is -2.42. The van der Waals surface area contributed by atoms with Gasteiger partial charge in [0.25, 0.3) is 5.91 Å². The fourth-order valence-electron chi connectivity index (χ4n) is 3.74. The lowest BCUT2D eigenvalue weighted by molar-refractivity contribution is 0.0680. The Bertz CT molecular complexity index is 935. The zero-order valence-electron chi connectivity index (χ0n) is 16.9. The molecule has 1 aliphatic heterocycles. The number of benzene rings is 1. The van der Waals surface area contributed by atoms with Crippen molar-refractivity contribution in [1.82, 2.24) is 14.3 Å². The van der Waals surface area contributed by atoms with Crippen LogP contribution in [0.5, 0.6) is 5.75 Å². The highest BCUT2D eigenvalue weighted by Crippen LogP contribution is 2.22. The molecular weight excluding hydrogens is 423 g/mol. The van der Waals surface area contributed by atoms with Crippen LogP contribution in [0.1, 0.15) is 35.8 Å². The van der Waals surface area contributed by atoms with Crippen LogP contribution in [0.2, 0.25) is 0 Å². The summed E-state index contributed by atoms with van der Waals surface area (Å²) in [6.07, 6.45) is 5.84. The largest absolute Gasteiger partial charge is 0.487 e. The third-order valence-corrected chi connectivity index (χ3v) is 5.45. The summed E-state index contributed by atoms with van der Waals surface area (Å²) in [4.78, 5) is 19.3. The maximum absolute atomic E-state index is 12.8. The SMILES string of the molecule is CC(N)C1CCN(C(=O)c2cccc(OCc3cn4ccccc4n3)c2)CC1.Cl.Cl. The van der Waals surface area contributed by atoms with E-state index in [0.717, 1.165) is 37.3 Å². The Morgan fingerprint density at radius 2 is 1.97 bits per heavy atom. The maximum atomic E-state index is 12.8. The highest BCUT2D eigenvalue weighted by Gasteiger charge is 2.25. The summed E-state index contributed by atoms with van der Waals surface area (Å²) in [7, 11) is 0. The number of rotatable bonds is 5. The summed E-state index contributed by atoms with van der Waals surface area (Å²) in [5, 5.41) is 0. The molecule has 2 N–H and O–H groups in total. The highest BCUT2D eigenvalue weighted by atomic mass is 35.5. The summed E-state index contributed by atoms with van der Waals surface area (Å²) in [5.74, 6) is 1.24. The molecule has 1 unspecified atom stereocenters. The number of halogens is 2. The van der Waals surface area contributed by atoms with E-state index >= 15 is 0 Å². The Balaban J connectivity index is 0.00000160. The quantitative estimate of drug-likeness (QED) is 0.638. The minimum Gasteiger partial charge on any atom is -0.487 e. The van der Waals surface area contributed by atoms with Crippen molar-refractivity contribution < 1.29 is 9.53 Å². The molecular formula is C22H28Cl2N4O2. The Hall–Kier alpha value is -2.28. The van der Waals surface area contributed by atoms with E-state index in [9.17, 15) is 4.79 Å². The van der Waals surface area contributed by atoms with Gasteiger partial charge in [-0.15, -0.1) is 24.8 Å². The smallest absolute Gasteiger partial charge is 0.253 e. The fraction of sp³-hybridized carbons (Fsp3) is 0.364. The molecule has 0 bridgehead atoms. The van der Waals surface area contributed by atoms with Gasteiger partial charge < -0.3 is 19.8 Å². The number of hydrogen-bond acceptors (Lipinski definition) is 4. The molecule has 1 amide bonds. The van der Waals surface area contributed by atoms with Crippen molar-refractivity contribution in [2.45, 2.75) is 32.4 Å². The molecule has 162 valence electrons. The van der Waals surface area contributed by atoms with Gasteiger partial charge in [-0.25, -0.2) is 4.98 Å². The maximum Gasteiger partial charge on any atom is 0.253 e. The molecule has 0 saturated carbocycles. The monoisotopic (exact) mass is 450 g/mol. The molecule has 2 aromatic heterocycles. The van der Waals surface area contributed by atoms with Crippen molar-refractivity contribution in [1.29, 1.82) is 0 Å². The molecule has 1 aromatic carbocycles. The number of hydrogen-bond donors (Lipinski definition) is 1. The predicted octanol–water partition coefficient (Wildman–Crippen LogP) is 3.96. The van der Waals surface area contributed by atoms with Crippen LogP contribution in [0.3, 0.4) is 0 Å². The molecule has 1 saturated heterocycles. The average molecular weight is 451 g/mol. The lowest BCUT2D eigenvalue weighted by atomic mass is 9.90. The number of carbonyl (C=O) groups excluding carboxylic acids is 1. The predicted molar refractivity (Wildman–Crippen MR) is 123 cm³/mol. The van der Waals surface area contributed by atoms with Crippen LogP contribution in [-0.2, 0) is 6.61 Å². The standard InChI is InChI=1S/C22H26N4O2.2ClH/c1-16(23)17-8-11-25(12-9-17)22(27)18-5-4-6-20(13-18)28-15-19-14-26-10-3-2-7-21(26)24-19;;/h2-7,10,13-14,16-17H,8-9,11-12,15,23H2,1H3;2*1H. The van der Waals surface area contributed by atoms with Crippen LogP contribution in [-0.4, -0.2) is 39.3 Å². The number of ether oxygens (including phenoxy) is 1. The number of nitrogens with two attached hydrogens (primary N) is 1. The Kier molecular flexibility index (Phi) is 8.53. The number of amides is 1. The fourth-order valence-corrected chi connectivity index (χ4v) is 3.74. The molecule has 8 heteroatoms. The summed E-state index contributed by atoms with van der Waals surface area (Å²) >= 11 is 0. The van der Waals surface area contributed by atoms with E-state index in [1.54, 1.807) is 0 Å². The molecule has 1 fully saturated rings. The Morgan fingerprint density at radius 1 is 1.20 bits per heavy atom. The molecule has 1 aliphatic rings. The van der Waals surface area contributed by atoms with Gasteiger partial charge in [0.15, 0.2) is 0 Å². The van der Waals surface area contributed by atoms with Crippen LogP contribution in [0.25, 0.3) is 5.65 Å². The van der Waals surface area contributed by atoms with Gasteiger partial charge >= 0.3 is 0 Å². The van der Waals surface area contributed by atoms with Gasteiger partial charge in [-0.2, -0.15) is 0 Å². The minimum atomic E-state index is 0. The van der Waals surface area contributed by atoms with Crippen molar-refractivity contribution in [3.8, 4) is 5.75 Å². The first kappa shape index (κ1) is 24.0. The zero-order chi connectivity index (χ0) is 19.5. The number of fused-ring (bicyclic) bond motifs is 1. The van der Waals surface area contributed by atoms with Crippen molar-refractivity contribution in [3.05, 3.63) is 66.1 Å². The van der Waals surface area contributed by atoms with Crippen molar-refractivity contribution in [3.63, 3.8) is 0 Å². The number of nitrogens with zero attached hydrogens (tertiary/aromatic N) is 3. The van der Waals surface area contributed by atoms with Crippen LogP contribution in [0.4, 0.5) is 0 Å². The summed E-state index contributed by atoms with van der Waals surface area (Å²) in [6.45, 7) is 3.93. The van der Waals surface area contributed by atoms with E-state index < -0.39 is 0 Å². The average Bonchev–Trinajstić information content (AvgIpc) is 3.15. The van der Waals surface area contributed by atoms with Gasteiger partial charge in [0.2, 0.25) is 0 Å². The number of imidazole rings is 1. The molecule has 3 heterocycles. The first-order valence-corrected chi connectivity index (χ1v) is 9.80. The molecule has 6 nitrogen and oxygen atoms in total. The van der Waals surface area contributed by atoms with Gasteiger partial charge in [0.05, 0.1) is 5.69 Å². The van der Waals surface area contributed by atoms with E-state index in [1.807, 2.05) is 71.1 Å². The van der Waals surface area contributed by atoms with Crippen molar-refractivity contribution in [2.24, 2.45) is 11.7 Å². The lowest BCUT2D eigenvalue weighted by Gasteiger charge is -2.33. The molecule has 0 radical (unpaired) electrons. The van der Waals surface area contributed by atoms with Gasteiger partial charge in [0, 0.05) is 37.1 Å². The van der Waals surface area contributed by atoms with Crippen LogP contribution < -0.4 is 10.5 Å². The van der Waals surface area contributed by atoms with Crippen molar-refractivity contribution >= 4 is 36.4 Å². The topological polar surface area (TPSA) is 72.9 Å². The second kappa shape index (κ2) is 10.7. The summed E-state index contributed by atoms with van der Waals surface area (Å²) in [5.41, 5.74) is 8.40. The molecule has 0 aliphatic carbocycles. The number of piperidine rings is 1. The van der Waals surface area contributed by atoms with E-state index in [0.29, 0.717) is 23.8 Å². The molecule has 0 spiro atoms. The Morgan fingerprint density at radius 3 is 2.67 bits per heavy atom. The number of aromatic nitrogens is 2. The normalized spacial score (nSPS) is 15.2. The van der Waals surface area contributed by atoms with Gasteiger partial charge in [-0.05, 0) is 56.0 Å². The van der Waals surface area contributed by atoms with E-state index in [1.165, 1.54) is 0 Å². The van der Waals surface area contributed by atoms with Gasteiger partial charge in [-0.1, -0.05) is 12.1 Å². The van der Waals surface area contributed by atoms with Gasteiger partial charge in [-0.3, -0.25) is 4.79 Å². The minimum absolute atomic E-state index is 0. The van der Waals surface area contributed by atoms with Gasteiger partial charge in [0.1, 0.15) is 18.0 Å². The first-order chi connectivity index (χ1) is 13.6. The van der Waals surface area contributed by atoms with E-state index in [-0.39, 0.29) is 36.8 Å². The first-order valence-electron chi connectivity index (χ1n) is 9.80. The van der Waals surface area contributed by atoms with Crippen LogP contribution >= 0.6 is 24.8 Å². The second-order valence-electron chi connectivity index (χ2n) is 7.50. The Labute approximate surface area is 189 Å². The second-order valence-corrected chi connectivity index (χ2v) is 7.50. The third-order valence-electron chi connectivity index (χ3n) is 5.45. The number of pyridine rings is 1. The van der Waals surface area contributed by atoms with E-state index in [4.69, 9.17) is 10.5 Å². The number of carbonyl (C=O) groups is 1. The molecule has 3 aromatic rings. The number of likely N-dealkylation sites (tertiary alicyclic amines) is 1. The third kappa shape index (κ3) is 5.45. The highest BCUT2D eigenvalue weighted by molar-refractivity contribution is 5.94. The molecule has 1 atom stereocenters. The summed E-state index contributed by atoms with van der Waals surface area (Å²) in [6, 6.07) is 13.5. The zero-order valence-corrected chi connectivity index (χ0v) is 18.6. The summed E-state index contributed by atoms with van der Waals surface area (Å²) < 4.78 is 7.85. The van der Waals surface area contributed by atoms with Crippen LogP contribution in [0.15, 0.2) is 54.9 Å².